The molecule has 0 saturated carbocycles. The Morgan fingerprint density at radius 2 is 1.73 bits per heavy atom. The molecule has 0 atom stereocenters. The topological polar surface area (TPSA) is 96.0 Å². The number of amides is 5. The highest BCUT2D eigenvalue weighted by molar-refractivity contribution is 6.45. The number of halogens is 2. The van der Waals surface area contributed by atoms with E-state index in [2.05, 4.69) is 10.1 Å². The first kappa shape index (κ1) is 19.3. The first-order valence-electron chi connectivity index (χ1n) is 7.85. The quantitative estimate of drug-likeness (QED) is 0.557. The molecule has 8 nitrogen and oxygen atoms in total. The predicted octanol–water partition coefficient (Wildman–Crippen LogP) is 1.82. The number of ether oxygens (including phenoxy) is 1. The molecule has 0 aromatic heterocycles. The number of nitrogens with one attached hydrogen (secondary N) is 1. The van der Waals surface area contributed by atoms with Crippen molar-refractivity contribution >= 4 is 29.4 Å². The number of unbranched alkanes of at least 4 members (excludes halogenated alkanes) is 1. The second-order valence-corrected chi connectivity index (χ2v) is 5.44. The smallest absolute Gasteiger partial charge is 0.387 e. The molecule has 1 N–H and O–H groups in total. The second kappa shape index (κ2) is 8.37. The SMILES string of the molecule is CCCCN1C(=O)C(=O)N(CC(=O)Nc2ccc(OC(F)F)cc2)C1=O. The summed E-state index contributed by atoms with van der Waals surface area (Å²) in [5.41, 5.74) is 0.255. The summed E-state index contributed by atoms with van der Waals surface area (Å²) in [6.45, 7) is -1.60. The molecule has 0 spiro atoms. The number of hydrogen-bond acceptors (Lipinski definition) is 5. The van der Waals surface area contributed by atoms with Gasteiger partial charge in [0.15, 0.2) is 0 Å². The Morgan fingerprint density at radius 1 is 1.12 bits per heavy atom. The van der Waals surface area contributed by atoms with Crippen LogP contribution in [-0.4, -0.2) is 53.3 Å². The summed E-state index contributed by atoms with van der Waals surface area (Å²) in [7, 11) is 0. The molecule has 0 radical (unpaired) electrons. The fourth-order valence-electron chi connectivity index (χ4n) is 2.27. The minimum atomic E-state index is -2.96. The lowest BCUT2D eigenvalue weighted by Gasteiger charge is -2.15. The van der Waals surface area contributed by atoms with E-state index >= 15 is 0 Å². The number of alkyl halides is 2. The number of rotatable bonds is 8. The third-order valence-corrected chi connectivity index (χ3v) is 3.54. The van der Waals surface area contributed by atoms with Gasteiger partial charge >= 0.3 is 24.5 Å². The highest BCUT2D eigenvalue weighted by atomic mass is 19.3. The maximum absolute atomic E-state index is 12.1. The molecule has 1 heterocycles. The van der Waals surface area contributed by atoms with Crippen LogP contribution in [0.15, 0.2) is 24.3 Å². The number of urea groups is 1. The van der Waals surface area contributed by atoms with Gasteiger partial charge in [0, 0.05) is 12.2 Å². The van der Waals surface area contributed by atoms with Gasteiger partial charge in [-0.2, -0.15) is 8.78 Å². The average molecular weight is 369 g/mol. The number of carbonyl (C=O) groups excluding carboxylic acids is 4. The van der Waals surface area contributed by atoms with E-state index in [-0.39, 0.29) is 18.0 Å². The molecular formula is C16H17F2N3O5. The fourth-order valence-corrected chi connectivity index (χ4v) is 2.27. The van der Waals surface area contributed by atoms with Gasteiger partial charge in [0.1, 0.15) is 12.3 Å². The van der Waals surface area contributed by atoms with Crippen molar-refractivity contribution in [2.24, 2.45) is 0 Å². The maximum atomic E-state index is 12.1. The zero-order valence-electron chi connectivity index (χ0n) is 13.9. The molecule has 1 aromatic rings. The van der Waals surface area contributed by atoms with Crippen molar-refractivity contribution in [3.63, 3.8) is 0 Å². The summed E-state index contributed by atoms with van der Waals surface area (Å²) in [5.74, 6) is -2.80. The van der Waals surface area contributed by atoms with Crippen LogP contribution < -0.4 is 10.1 Å². The van der Waals surface area contributed by atoms with E-state index in [0.717, 1.165) is 11.3 Å². The second-order valence-electron chi connectivity index (χ2n) is 5.44. The highest BCUT2D eigenvalue weighted by Gasteiger charge is 2.44. The Morgan fingerprint density at radius 3 is 2.31 bits per heavy atom. The molecule has 1 aliphatic heterocycles. The van der Waals surface area contributed by atoms with Gasteiger partial charge in [-0.15, -0.1) is 0 Å². The lowest BCUT2D eigenvalue weighted by Crippen LogP contribution is -2.39. The summed E-state index contributed by atoms with van der Waals surface area (Å²) in [6.07, 6.45) is 1.29. The fraction of sp³-hybridized carbons (Fsp3) is 0.375. The van der Waals surface area contributed by atoms with Crippen molar-refractivity contribution in [2.75, 3.05) is 18.4 Å². The van der Waals surface area contributed by atoms with Crippen molar-refractivity contribution in [3.05, 3.63) is 24.3 Å². The number of benzene rings is 1. The number of hydrogen-bond donors (Lipinski definition) is 1. The molecule has 140 valence electrons. The van der Waals surface area contributed by atoms with Gasteiger partial charge < -0.3 is 10.1 Å². The van der Waals surface area contributed by atoms with Crippen LogP contribution in [-0.2, 0) is 14.4 Å². The molecule has 1 aromatic carbocycles. The standard InChI is InChI=1S/C16H17F2N3O5/c1-2-3-8-20-13(23)14(24)21(16(20)25)9-12(22)19-10-4-6-11(7-5-10)26-15(17)18/h4-7,15H,2-3,8-9H2,1H3,(H,19,22). The van der Waals surface area contributed by atoms with E-state index in [1.165, 1.54) is 24.3 Å². The van der Waals surface area contributed by atoms with Crippen molar-refractivity contribution in [2.45, 2.75) is 26.4 Å². The van der Waals surface area contributed by atoms with Gasteiger partial charge in [-0.25, -0.2) is 9.69 Å². The molecule has 0 unspecified atom stereocenters. The Balaban J connectivity index is 1.95. The first-order chi connectivity index (χ1) is 12.3. The van der Waals surface area contributed by atoms with Crippen molar-refractivity contribution in [1.29, 1.82) is 0 Å². The summed E-state index contributed by atoms with van der Waals surface area (Å²) >= 11 is 0. The van der Waals surface area contributed by atoms with E-state index in [1.54, 1.807) is 0 Å². The Hall–Kier alpha value is -3.04. The predicted molar refractivity (Wildman–Crippen MR) is 85.4 cm³/mol. The number of nitrogens with zero attached hydrogens (tertiary/aromatic N) is 2. The number of anilines is 1. The van der Waals surface area contributed by atoms with E-state index in [1.807, 2.05) is 6.92 Å². The van der Waals surface area contributed by atoms with Gasteiger partial charge in [-0.05, 0) is 30.7 Å². The summed E-state index contributed by atoms with van der Waals surface area (Å²) < 4.78 is 28.3. The number of carbonyl (C=O) groups is 4. The Bertz CT molecular complexity index is 708. The van der Waals surface area contributed by atoms with Crippen LogP contribution in [0.3, 0.4) is 0 Å². The van der Waals surface area contributed by atoms with Crippen LogP contribution in [0.5, 0.6) is 5.75 Å². The summed E-state index contributed by atoms with van der Waals surface area (Å²) in [6, 6.07) is 4.27. The molecule has 2 rings (SSSR count). The maximum Gasteiger partial charge on any atom is 0.387 e. The third kappa shape index (κ3) is 4.52. The molecule has 0 aliphatic carbocycles. The van der Waals surface area contributed by atoms with E-state index in [9.17, 15) is 28.0 Å². The van der Waals surface area contributed by atoms with E-state index < -0.39 is 36.9 Å². The monoisotopic (exact) mass is 369 g/mol. The van der Waals surface area contributed by atoms with E-state index in [4.69, 9.17) is 0 Å². The molecule has 5 amide bonds. The van der Waals surface area contributed by atoms with Gasteiger partial charge in [0.2, 0.25) is 5.91 Å². The van der Waals surface area contributed by atoms with Gasteiger partial charge in [0.05, 0.1) is 0 Å². The van der Waals surface area contributed by atoms with Crippen molar-refractivity contribution in [3.8, 4) is 5.75 Å². The van der Waals surface area contributed by atoms with E-state index in [0.29, 0.717) is 11.3 Å². The van der Waals surface area contributed by atoms with Crippen molar-refractivity contribution < 1.29 is 32.7 Å². The first-order valence-corrected chi connectivity index (χ1v) is 7.85. The van der Waals surface area contributed by atoms with Crippen LogP contribution in [0, 0.1) is 0 Å². The minimum Gasteiger partial charge on any atom is -0.435 e. The minimum absolute atomic E-state index is 0.0833. The normalized spacial score (nSPS) is 14.4. The van der Waals surface area contributed by atoms with Crippen molar-refractivity contribution in [1.82, 2.24) is 9.80 Å². The van der Waals surface area contributed by atoms with Crippen LogP contribution in [0.1, 0.15) is 19.8 Å². The molecule has 1 fully saturated rings. The molecule has 26 heavy (non-hydrogen) atoms. The van der Waals surface area contributed by atoms with Gasteiger partial charge in [-0.1, -0.05) is 13.3 Å². The average Bonchev–Trinajstić information content (AvgIpc) is 2.78. The summed E-state index contributed by atoms with van der Waals surface area (Å²) in [5, 5.41) is 2.41. The Kier molecular flexibility index (Phi) is 6.21. The highest BCUT2D eigenvalue weighted by Crippen LogP contribution is 2.18. The molecule has 1 aliphatic rings. The molecular weight excluding hydrogens is 352 g/mol. The third-order valence-electron chi connectivity index (χ3n) is 3.54. The van der Waals surface area contributed by atoms with Crippen LogP contribution in [0.4, 0.5) is 19.3 Å². The number of imide groups is 2. The largest absolute Gasteiger partial charge is 0.435 e. The van der Waals surface area contributed by atoms with Gasteiger partial charge in [0.25, 0.3) is 0 Å². The zero-order chi connectivity index (χ0) is 19.3. The lowest BCUT2D eigenvalue weighted by molar-refractivity contribution is -0.143. The zero-order valence-corrected chi connectivity index (χ0v) is 13.9. The summed E-state index contributed by atoms with van der Waals surface area (Å²) in [4.78, 5) is 49.2. The van der Waals surface area contributed by atoms with Crippen LogP contribution >= 0.6 is 0 Å². The Labute approximate surface area is 147 Å². The van der Waals surface area contributed by atoms with Gasteiger partial charge in [-0.3, -0.25) is 19.3 Å². The molecule has 0 bridgehead atoms. The molecule has 1 saturated heterocycles. The van der Waals surface area contributed by atoms with Crippen LogP contribution in [0.2, 0.25) is 0 Å². The lowest BCUT2D eigenvalue weighted by atomic mass is 10.3. The molecule has 10 heteroatoms. The van der Waals surface area contributed by atoms with Crippen LogP contribution in [0.25, 0.3) is 0 Å².